The summed E-state index contributed by atoms with van der Waals surface area (Å²) < 4.78 is 0. The summed E-state index contributed by atoms with van der Waals surface area (Å²) in [5.41, 5.74) is 0. The number of rotatable bonds is 4. The molecule has 0 unspecified atom stereocenters. The Kier molecular flexibility index (Phi) is 2.57. The summed E-state index contributed by atoms with van der Waals surface area (Å²) in [5.74, 6) is 0.705. The number of carbonyl (C=O) groups is 1. The monoisotopic (exact) mass is 196 g/mol. The van der Waals surface area contributed by atoms with E-state index in [0.29, 0.717) is 25.5 Å². The summed E-state index contributed by atoms with van der Waals surface area (Å²) in [6.07, 6.45) is 1.66. The van der Waals surface area contributed by atoms with Crippen LogP contribution in [0.5, 0.6) is 0 Å². The van der Waals surface area contributed by atoms with Gasteiger partial charge in [0.1, 0.15) is 0 Å². The van der Waals surface area contributed by atoms with Crippen molar-refractivity contribution in [1.82, 2.24) is 25.5 Å². The highest BCUT2D eigenvalue weighted by molar-refractivity contribution is 5.78. The van der Waals surface area contributed by atoms with Crippen molar-refractivity contribution in [2.75, 3.05) is 25.0 Å². The standard InChI is InChI=1S/C7H12N6O/c14-6-2-1-4-13(6)5-3-8-7-9-11-12-10-7/h1-5H2,(H2,8,9,10,11,12). The Balaban J connectivity index is 1.70. The van der Waals surface area contributed by atoms with E-state index in [1.165, 1.54) is 0 Å². The Labute approximate surface area is 80.9 Å². The van der Waals surface area contributed by atoms with E-state index in [9.17, 15) is 4.79 Å². The quantitative estimate of drug-likeness (QED) is 0.660. The molecule has 0 bridgehead atoms. The fourth-order valence-electron chi connectivity index (χ4n) is 1.48. The van der Waals surface area contributed by atoms with E-state index in [2.05, 4.69) is 25.9 Å². The normalized spacial score (nSPS) is 16.3. The molecule has 0 aromatic carbocycles. The third-order valence-electron chi connectivity index (χ3n) is 2.18. The predicted octanol–water partition coefficient (Wildman–Crippen LogP) is -0.766. The van der Waals surface area contributed by atoms with Gasteiger partial charge in [0.25, 0.3) is 5.95 Å². The first kappa shape index (κ1) is 8.92. The number of likely N-dealkylation sites (tertiary alicyclic amines) is 1. The molecule has 0 aliphatic carbocycles. The summed E-state index contributed by atoms with van der Waals surface area (Å²) in [6.45, 7) is 2.23. The summed E-state index contributed by atoms with van der Waals surface area (Å²) >= 11 is 0. The number of anilines is 1. The Hall–Kier alpha value is -1.66. The van der Waals surface area contributed by atoms with Gasteiger partial charge in [-0.05, 0) is 11.6 Å². The van der Waals surface area contributed by atoms with Gasteiger partial charge in [0, 0.05) is 26.1 Å². The maximum atomic E-state index is 11.2. The van der Waals surface area contributed by atoms with Crippen LogP contribution < -0.4 is 5.32 Å². The van der Waals surface area contributed by atoms with Crippen molar-refractivity contribution in [3.05, 3.63) is 0 Å². The number of aromatic amines is 1. The number of hydrogen-bond acceptors (Lipinski definition) is 5. The summed E-state index contributed by atoms with van der Waals surface area (Å²) in [5, 5.41) is 16.2. The maximum absolute atomic E-state index is 11.2. The summed E-state index contributed by atoms with van der Waals surface area (Å²) in [4.78, 5) is 13.1. The van der Waals surface area contributed by atoms with E-state index in [1.54, 1.807) is 0 Å². The van der Waals surface area contributed by atoms with Crippen LogP contribution in [0.25, 0.3) is 0 Å². The molecule has 1 saturated heterocycles. The molecule has 1 aliphatic heterocycles. The van der Waals surface area contributed by atoms with Gasteiger partial charge >= 0.3 is 0 Å². The molecule has 14 heavy (non-hydrogen) atoms. The van der Waals surface area contributed by atoms with E-state index in [0.717, 1.165) is 13.0 Å². The first-order valence-electron chi connectivity index (χ1n) is 4.61. The van der Waals surface area contributed by atoms with Crippen molar-refractivity contribution in [1.29, 1.82) is 0 Å². The van der Waals surface area contributed by atoms with Crippen LogP contribution in [-0.4, -0.2) is 51.1 Å². The van der Waals surface area contributed by atoms with Crippen LogP contribution in [0.15, 0.2) is 0 Å². The first-order valence-corrected chi connectivity index (χ1v) is 4.61. The van der Waals surface area contributed by atoms with Crippen molar-refractivity contribution in [2.45, 2.75) is 12.8 Å². The average molecular weight is 196 g/mol. The zero-order chi connectivity index (χ0) is 9.80. The number of hydrogen-bond donors (Lipinski definition) is 2. The second-order valence-electron chi connectivity index (χ2n) is 3.15. The van der Waals surface area contributed by atoms with Crippen LogP contribution in [0.2, 0.25) is 0 Å². The molecule has 1 aromatic rings. The van der Waals surface area contributed by atoms with Crippen LogP contribution in [0.4, 0.5) is 5.95 Å². The largest absolute Gasteiger partial charge is 0.350 e. The fourth-order valence-corrected chi connectivity index (χ4v) is 1.48. The minimum absolute atomic E-state index is 0.236. The van der Waals surface area contributed by atoms with E-state index >= 15 is 0 Å². The third-order valence-corrected chi connectivity index (χ3v) is 2.18. The molecule has 2 heterocycles. The topological polar surface area (TPSA) is 86.8 Å². The van der Waals surface area contributed by atoms with E-state index < -0.39 is 0 Å². The lowest BCUT2D eigenvalue weighted by Crippen LogP contribution is -2.30. The molecule has 0 spiro atoms. The number of amides is 1. The number of aromatic nitrogens is 4. The number of nitrogens with zero attached hydrogens (tertiary/aromatic N) is 4. The van der Waals surface area contributed by atoms with Gasteiger partial charge in [0.15, 0.2) is 0 Å². The Morgan fingerprint density at radius 2 is 2.50 bits per heavy atom. The van der Waals surface area contributed by atoms with Crippen molar-refractivity contribution >= 4 is 11.9 Å². The van der Waals surface area contributed by atoms with Gasteiger partial charge in [-0.25, -0.2) is 0 Å². The van der Waals surface area contributed by atoms with Gasteiger partial charge in [-0.2, -0.15) is 5.21 Å². The van der Waals surface area contributed by atoms with Crippen LogP contribution in [0.1, 0.15) is 12.8 Å². The molecule has 2 N–H and O–H groups in total. The second-order valence-corrected chi connectivity index (χ2v) is 3.15. The lowest BCUT2D eigenvalue weighted by molar-refractivity contribution is -0.127. The van der Waals surface area contributed by atoms with E-state index in [4.69, 9.17) is 0 Å². The highest BCUT2D eigenvalue weighted by Gasteiger charge is 2.19. The molecule has 0 radical (unpaired) electrons. The van der Waals surface area contributed by atoms with Gasteiger partial charge < -0.3 is 10.2 Å². The lowest BCUT2D eigenvalue weighted by Gasteiger charge is -2.14. The van der Waals surface area contributed by atoms with Crippen molar-refractivity contribution in [3.8, 4) is 0 Å². The zero-order valence-electron chi connectivity index (χ0n) is 7.73. The molecule has 7 nitrogen and oxygen atoms in total. The van der Waals surface area contributed by atoms with Crippen molar-refractivity contribution in [3.63, 3.8) is 0 Å². The van der Waals surface area contributed by atoms with Gasteiger partial charge in [-0.15, -0.1) is 5.10 Å². The molecule has 1 amide bonds. The van der Waals surface area contributed by atoms with E-state index in [-0.39, 0.29) is 5.91 Å². The highest BCUT2D eigenvalue weighted by atomic mass is 16.2. The average Bonchev–Trinajstić information content (AvgIpc) is 2.78. The fraction of sp³-hybridized carbons (Fsp3) is 0.714. The predicted molar refractivity (Wildman–Crippen MR) is 48.5 cm³/mol. The third kappa shape index (κ3) is 1.98. The van der Waals surface area contributed by atoms with Gasteiger partial charge in [-0.3, -0.25) is 4.79 Å². The second kappa shape index (κ2) is 4.03. The van der Waals surface area contributed by atoms with Crippen LogP contribution in [0, 0.1) is 0 Å². The molecule has 0 saturated carbocycles. The van der Waals surface area contributed by atoms with Crippen LogP contribution in [-0.2, 0) is 4.79 Å². The van der Waals surface area contributed by atoms with Crippen LogP contribution in [0.3, 0.4) is 0 Å². The molecule has 0 atom stereocenters. The van der Waals surface area contributed by atoms with E-state index in [1.807, 2.05) is 4.90 Å². The Morgan fingerprint density at radius 1 is 1.57 bits per heavy atom. The minimum Gasteiger partial charge on any atom is -0.350 e. The maximum Gasteiger partial charge on any atom is 0.263 e. The number of H-pyrrole nitrogens is 1. The molecule has 1 aliphatic rings. The number of carbonyl (C=O) groups excluding carboxylic acids is 1. The van der Waals surface area contributed by atoms with Gasteiger partial charge in [0.2, 0.25) is 5.91 Å². The molecule has 7 heteroatoms. The number of tetrazole rings is 1. The molecule has 2 rings (SSSR count). The summed E-state index contributed by atoms with van der Waals surface area (Å²) in [7, 11) is 0. The first-order chi connectivity index (χ1) is 6.86. The van der Waals surface area contributed by atoms with Gasteiger partial charge in [-0.1, -0.05) is 5.10 Å². The highest BCUT2D eigenvalue weighted by Crippen LogP contribution is 2.08. The Morgan fingerprint density at radius 3 is 3.14 bits per heavy atom. The van der Waals surface area contributed by atoms with Crippen LogP contribution >= 0.6 is 0 Å². The molecule has 1 fully saturated rings. The van der Waals surface area contributed by atoms with Gasteiger partial charge in [0.05, 0.1) is 0 Å². The molecular weight excluding hydrogens is 184 g/mol. The lowest BCUT2D eigenvalue weighted by atomic mass is 10.4. The smallest absolute Gasteiger partial charge is 0.263 e. The van der Waals surface area contributed by atoms with Crippen molar-refractivity contribution < 1.29 is 4.79 Å². The van der Waals surface area contributed by atoms with Crippen molar-refractivity contribution in [2.24, 2.45) is 0 Å². The SMILES string of the molecule is O=C1CCCN1CCNc1nn[nH]n1. The zero-order valence-corrected chi connectivity index (χ0v) is 7.73. The molecule has 76 valence electrons. The molecular formula is C7H12N6O. The molecule has 1 aromatic heterocycles. The number of nitrogens with one attached hydrogen (secondary N) is 2. The minimum atomic E-state index is 0.236. The Bertz CT molecular complexity index is 297. The summed E-state index contributed by atoms with van der Waals surface area (Å²) in [6, 6.07) is 0.